The van der Waals surface area contributed by atoms with Gasteiger partial charge < -0.3 is 0 Å². The Morgan fingerprint density at radius 1 is 1.22 bits per heavy atom. The minimum absolute atomic E-state index is 0.121. The lowest BCUT2D eigenvalue weighted by molar-refractivity contribution is -0.698. The average molecular weight is 238 g/mol. The van der Waals surface area contributed by atoms with Gasteiger partial charge in [-0.1, -0.05) is 25.1 Å². The zero-order chi connectivity index (χ0) is 12.7. The van der Waals surface area contributed by atoms with Gasteiger partial charge in [-0.15, -0.1) is 0 Å². The maximum Gasteiger partial charge on any atom is 0.213 e. The van der Waals surface area contributed by atoms with Crippen LogP contribution in [0.15, 0.2) is 42.6 Å². The normalized spacial score (nSPS) is 16.2. The monoisotopic (exact) mass is 238 g/mol. The number of carbonyl (C=O) groups excluding carboxylic acids is 1. The molecule has 0 saturated carbocycles. The second-order valence-corrected chi connectivity index (χ2v) is 4.78. The van der Waals surface area contributed by atoms with Gasteiger partial charge in [0.05, 0.1) is 11.1 Å². The molecule has 0 fully saturated rings. The Bertz CT molecular complexity index is 631. The molecule has 1 aromatic heterocycles. The Balaban J connectivity index is 2.24. The van der Waals surface area contributed by atoms with E-state index in [2.05, 4.69) is 41.8 Å². The van der Waals surface area contributed by atoms with E-state index in [1.54, 1.807) is 6.92 Å². The number of Topliss-reactive ketones (excluding diaryl/α,β-unsaturated/α-hetero) is 1. The number of aromatic nitrogens is 1. The van der Waals surface area contributed by atoms with E-state index in [1.807, 2.05) is 12.3 Å². The molecule has 0 aliphatic carbocycles. The van der Waals surface area contributed by atoms with Crippen LogP contribution in [0.25, 0.3) is 11.3 Å². The van der Waals surface area contributed by atoms with Gasteiger partial charge in [-0.2, -0.15) is 4.57 Å². The summed E-state index contributed by atoms with van der Waals surface area (Å²) in [5.41, 5.74) is 4.65. The lowest BCUT2D eigenvalue weighted by Crippen LogP contribution is -2.38. The minimum atomic E-state index is 0.121. The molecule has 3 rings (SSSR count). The highest BCUT2D eigenvalue weighted by Gasteiger charge is 2.34. The highest BCUT2D eigenvalue weighted by Crippen LogP contribution is 2.34. The quantitative estimate of drug-likeness (QED) is 0.581. The summed E-state index contributed by atoms with van der Waals surface area (Å²) in [5.74, 6) is 0.121. The van der Waals surface area contributed by atoms with E-state index >= 15 is 0 Å². The van der Waals surface area contributed by atoms with E-state index < -0.39 is 0 Å². The number of nitrogens with zero attached hydrogens (tertiary/aromatic N) is 1. The van der Waals surface area contributed by atoms with Crippen molar-refractivity contribution in [2.45, 2.75) is 26.3 Å². The summed E-state index contributed by atoms with van der Waals surface area (Å²) in [6.07, 6.45) is 3.03. The molecule has 1 aliphatic heterocycles. The molecule has 90 valence electrons. The van der Waals surface area contributed by atoms with Crippen LogP contribution in [0.5, 0.6) is 0 Å². The maximum atomic E-state index is 11.5. The van der Waals surface area contributed by atoms with Crippen LogP contribution in [-0.2, 0) is 0 Å². The summed E-state index contributed by atoms with van der Waals surface area (Å²) in [4.78, 5) is 11.5. The fourth-order valence-electron chi connectivity index (χ4n) is 2.80. The molecule has 0 amide bonds. The van der Waals surface area contributed by atoms with E-state index in [0.29, 0.717) is 6.04 Å². The molecule has 2 aromatic rings. The van der Waals surface area contributed by atoms with Gasteiger partial charge in [-0.3, -0.25) is 4.79 Å². The van der Waals surface area contributed by atoms with Crippen molar-refractivity contribution in [3.8, 4) is 11.3 Å². The molecule has 1 atom stereocenters. The number of ketones is 1. The van der Waals surface area contributed by atoms with Crippen molar-refractivity contribution < 1.29 is 9.36 Å². The predicted molar refractivity (Wildman–Crippen MR) is 70.5 cm³/mol. The highest BCUT2D eigenvalue weighted by atomic mass is 16.1. The molecule has 0 spiro atoms. The van der Waals surface area contributed by atoms with E-state index in [9.17, 15) is 4.79 Å². The molecule has 1 aliphatic rings. The van der Waals surface area contributed by atoms with Crippen molar-refractivity contribution in [2.75, 3.05) is 0 Å². The zero-order valence-electron chi connectivity index (χ0n) is 10.7. The van der Waals surface area contributed by atoms with Crippen molar-refractivity contribution >= 4 is 5.78 Å². The van der Waals surface area contributed by atoms with Gasteiger partial charge in [0.1, 0.15) is 0 Å². The van der Waals surface area contributed by atoms with Gasteiger partial charge in [0.2, 0.25) is 5.69 Å². The van der Waals surface area contributed by atoms with Crippen LogP contribution >= 0.6 is 0 Å². The molecule has 0 saturated heterocycles. The first-order valence-electron chi connectivity index (χ1n) is 6.37. The Morgan fingerprint density at radius 2 is 2.00 bits per heavy atom. The Morgan fingerprint density at radius 3 is 2.72 bits per heavy atom. The Kier molecular flexibility index (Phi) is 2.51. The summed E-state index contributed by atoms with van der Waals surface area (Å²) in [7, 11) is 0. The third-order valence-electron chi connectivity index (χ3n) is 3.70. The number of carbonyl (C=O) groups is 1. The first-order valence-corrected chi connectivity index (χ1v) is 6.37. The van der Waals surface area contributed by atoms with E-state index in [-0.39, 0.29) is 5.78 Å². The van der Waals surface area contributed by atoms with Crippen molar-refractivity contribution in [2.24, 2.45) is 0 Å². The predicted octanol–water partition coefficient (Wildman–Crippen LogP) is 3.16. The summed E-state index contributed by atoms with van der Waals surface area (Å²) in [6, 6.07) is 12.8. The number of hydrogen-bond acceptors (Lipinski definition) is 1. The number of rotatable bonds is 2. The summed E-state index contributed by atoms with van der Waals surface area (Å²) in [6.45, 7) is 3.80. The molecule has 1 unspecified atom stereocenters. The largest absolute Gasteiger partial charge is 0.294 e. The number of hydrogen-bond donors (Lipinski definition) is 0. The van der Waals surface area contributed by atoms with Gasteiger partial charge in [-0.25, -0.2) is 0 Å². The van der Waals surface area contributed by atoms with Crippen LogP contribution in [0.1, 0.15) is 42.2 Å². The molecular formula is C16H16NO+. The average Bonchev–Trinajstić information content (AvgIpc) is 2.71. The lowest BCUT2D eigenvalue weighted by atomic mass is 10.0. The highest BCUT2D eigenvalue weighted by molar-refractivity contribution is 5.93. The number of fused-ring (bicyclic) bond motifs is 3. The third-order valence-corrected chi connectivity index (χ3v) is 3.70. The van der Waals surface area contributed by atoms with Crippen molar-refractivity contribution in [1.82, 2.24) is 0 Å². The van der Waals surface area contributed by atoms with Crippen LogP contribution in [0.4, 0.5) is 0 Å². The van der Waals surface area contributed by atoms with Gasteiger partial charge >= 0.3 is 0 Å². The zero-order valence-corrected chi connectivity index (χ0v) is 10.7. The molecule has 0 N–H and O–H groups in total. The topological polar surface area (TPSA) is 20.9 Å². The standard InChI is InChI=1S/C16H16NO/c1-3-15-13-6-4-5-7-14(13)16-9-8-12(11(2)18)10-17(15)16/h4-10,15H,3H2,1-2H3/q+1. The number of pyridine rings is 1. The van der Waals surface area contributed by atoms with Crippen LogP contribution in [0.2, 0.25) is 0 Å². The molecule has 2 heteroatoms. The van der Waals surface area contributed by atoms with Crippen molar-refractivity contribution in [3.63, 3.8) is 0 Å². The van der Waals surface area contributed by atoms with Crippen molar-refractivity contribution in [1.29, 1.82) is 0 Å². The Hall–Kier alpha value is -1.96. The van der Waals surface area contributed by atoms with E-state index in [1.165, 1.54) is 16.8 Å². The molecule has 1 aromatic carbocycles. The SMILES string of the molecule is CCC1c2ccccc2-c2ccc(C(C)=O)c[n+]21. The lowest BCUT2D eigenvalue weighted by Gasteiger charge is -2.05. The Labute approximate surface area is 107 Å². The van der Waals surface area contributed by atoms with E-state index in [4.69, 9.17) is 0 Å². The van der Waals surface area contributed by atoms with Crippen LogP contribution < -0.4 is 4.57 Å². The molecule has 0 radical (unpaired) electrons. The van der Waals surface area contributed by atoms with Crippen LogP contribution in [0.3, 0.4) is 0 Å². The fourth-order valence-corrected chi connectivity index (χ4v) is 2.80. The number of benzene rings is 1. The van der Waals surface area contributed by atoms with Gasteiger partial charge in [-0.05, 0) is 19.1 Å². The van der Waals surface area contributed by atoms with Gasteiger partial charge in [0.25, 0.3) is 0 Å². The van der Waals surface area contributed by atoms with Crippen LogP contribution in [-0.4, -0.2) is 5.78 Å². The first kappa shape index (κ1) is 11.1. The minimum Gasteiger partial charge on any atom is -0.294 e. The van der Waals surface area contributed by atoms with Crippen molar-refractivity contribution in [3.05, 3.63) is 53.7 Å². The molecule has 0 bridgehead atoms. The summed E-state index contributed by atoms with van der Waals surface area (Å²) in [5, 5.41) is 0. The molecule has 2 heterocycles. The molecule has 18 heavy (non-hydrogen) atoms. The second-order valence-electron chi connectivity index (χ2n) is 4.78. The second kappa shape index (κ2) is 4.05. The third kappa shape index (κ3) is 1.49. The summed E-state index contributed by atoms with van der Waals surface area (Å²) < 4.78 is 2.24. The maximum absolute atomic E-state index is 11.5. The first-order chi connectivity index (χ1) is 8.72. The van der Waals surface area contributed by atoms with Gasteiger partial charge in [0.15, 0.2) is 18.0 Å². The molecule has 2 nitrogen and oxygen atoms in total. The fraction of sp³-hybridized carbons (Fsp3) is 0.250. The molecular weight excluding hydrogens is 222 g/mol. The van der Waals surface area contributed by atoms with Gasteiger partial charge in [0, 0.05) is 18.1 Å². The smallest absolute Gasteiger partial charge is 0.213 e. The summed E-state index contributed by atoms with van der Waals surface area (Å²) >= 11 is 0. The van der Waals surface area contributed by atoms with E-state index in [0.717, 1.165) is 12.0 Å². The van der Waals surface area contributed by atoms with Crippen LogP contribution in [0, 0.1) is 0 Å².